The first-order chi connectivity index (χ1) is 13.3. The molecule has 0 bridgehead atoms. The molecular formula is C19H20N2O6S. The van der Waals surface area contributed by atoms with Crippen molar-refractivity contribution in [3.8, 4) is 5.75 Å². The predicted molar refractivity (Wildman–Crippen MR) is 101 cm³/mol. The van der Waals surface area contributed by atoms with Crippen LogP contribution in [-0.4, -0.2) is 36.2 Å². The summed E-state index contributed by atoms with van der Waals surface area (Å²) in [7, 11) is -3.83. The Labute approximate surface area is 162 Å². The second-order valence-corrected chi connectivity index (χ2v) is 8.46. The maximum atomic E-state index is 13.0. The standard InChI is InChI=1S/C19H20N2O6S/c1-14-13-15(10-11-17(14)21(23)24)27-19(22)18-9-5-6-12-20(18)28(25,26)16-7-3-2-4-8-16/h2-4,7-8,10-11,13,18H,5-6,9,12H2,1H3. The number of hydrogen-bond acceptors (Lipinski definition) is 6. The minimum Gasteiger partial charge on any atom is -0.425 e. The Bertz CT molecular complexity index is 991. The lowest BCUT2D eigenvalue weighted by Gasteiger charge is -2.32. The molecule has 9 heteroatoms. The lowest BCUT2D eigenvalue weighted by Crippen LogP contribution is -2.49. The number of hydrogen-bond donors (Lipinski definition) is 0. The average molecular weight is 404 g/mol. The fourth-order valence-corrected chi connectivity index (χ4v) is 4.90. The van der Waals surface area contributed by atoms with Crippen LogP contribution in [0.5, 0.6) is 5.75 Å². The summed E-state index contributed by atoms with van der Waals surface area (Å²) in [6.45, 7) is 1.78. The van der Waals surface area contributed by atoms with Crippen LogP contribution in [-0.2, 0) is 14.8 Å². The van der Waals surface area contributed by atoms with Crippen LogP contribution in [0.3, 0.4) is 0 Å². The molecule has 0 saturated carbocycles. The zero-order valence-electron chi connectivity index (χ0n) is 15.3. The number of benzene rings is 2. The third-order valence-electron chi connectivity index (χ3n) is 4.66. The molecule has 1 unspecified atom stereocenters. The number of piperidine rings is 1. The normalized spacial score (nSPS) is 17.8. The van der Waals surface area contributed by atoms with E-state index in [0.717, 1.165) is 0 Å². The molecule has 28 heavy (non-hydrogen) atoms. The van der Waals surface area contributed by atoms with Crippen molar-refractivity contribution >= 4 is 21.7 Å². The molecule has 1 saturated heterocycles. The van der Waals surface area contributed by atoms with E-state index < -0.39 is 27.0 Å². The number of ether oxygens (including phenoxy) is 1. The van der Waals surface area contributed by atoms with E-state index in [2.05, 4.69) is 0 Å². The maximum Gasteiger partial charge on any atom is 0.329 e. The summed E-state index contributed by atoms with van der Waals surface area (Å²) in [5.41, 5.74) is 0.276. The quantitative estimate of drug-likeness (QED) is 0.328. The van der Waals surface area contributed by atoms with Gasteiger partial charge >= 0.3 is 5.97 Å². The maximum absolute atomic E-state index is 13.0. The highest BCUT2D eigenvalue weighted by molar-refractivity contribution is 7.89. The zero-order chi connectivity index (χ0) is 20.3. The molecule has 0 aliphatic carbocycles. The number of carbonyl (C=O) groups excluding carboxylic acids is 1. The highest BCUT2D eigenvalue weighted by Gasteiger charge is 2.38. The minimum atomic E-state index is -3.83. The van der Waals surface area contributed by atoms with Gasteiger partial charge in [0, 0.05) is 18.2 Å². The Morgan fingerprint density at radius 1 is 1.18 bits per heavy atom. The Morgan fingerprint density at radius 2 is 1.89 bits per heavy atom. The second-order valence-electron chi connectivity index (χ2n) is 6.57. The second kappa shape index (κ2) is 8.07. The SMILES string of the molecule is Cc1cc(OC(=O)C2CCCCN2S(=O)(=O)c2ccccc2)ccc1[N+](=O)[O-]. The van der Waals surface area contributed by atoms with Gasteiger partial charge in [-0.1, -0.05) is 18.2 Å². The van der Waals surface area contributed by atoms with Gasteiger partial charge in [0.15, 0.2) is 0 Å². The largest absolute Gasteiger partial charge is 0.425 e. The number of aryl methyl sites for hydroxylation is 1. The van der Waals surface area contributed by atoms with Crippen LogP contribution in [0, 0.1) is 17.0 Å². The first kappa shape index (κ1) is 20.0. The lowest BCUT2D eigenvalue weighted by molar-refractivity contribution is -0.385. The molecule has 0 amide bonds. The lowest BCUT2D eigenvalue weighted by atomic mass is 10.1. The van der Waals surface area contributed by atoms with Crippen molar-refractivity contribution in [3.05, 3.63) is 64.2 Å². The highest BCUT2D eigenvalue weighted by Crippen LogP contribution is 2.28. The molecule has 1 fully saturated rings. The minimum absolute atomic E-state index is 0.0780. The summed E-state index contributed by atoms with van der Waals surface area (Å²) < 4.78 is 32.5. The fraction of sp³-hybridized carbons (Fsp3) is 0.316. The van der Waals surface area contributed by atoms with Crippen LogP contribution >= 0.6 is 0 Å². The Kier molecular flexibility index (Phi) is 5.76. The predicted octanol–water partition coefficient (Wildman–Crippen LogP) is 3.05. The van der Waals surface area contributed by atoms with Crippen LogP contribution in [0.2, 0.25) is 0 Å². The van der Waals surface area contributed by atoms with Crippen molar-refractivity contribution in [2.24, 2.45) is 0 Å². The number of nitro benzene ring substituents is 1. The van der Waals surface area contributed by atoms with E-state index in [1.54, 1.807) is 25.1 Å². The molecule has 0 N–H and O–H groups in total. The number of rotatable bonds is 5. The molecule has 1 aliphatic rings. The zero-order valence-corrected chi connectivity index (χ0v) is 16.1. The van der Waals surface area contributed by atoms with Crippen molar-refractivity contribution in [1.29, 1.82) is 0 Å². The van der Waals surface area contributed by atoms with E-state index >= 15 is 0 Å². The van der Waals surface area contributed by atoms with Crippen LogP contribution < -0.4 is 4.74 Å². The number of carbonyl (C=O) groups is 1. The molecule has 0 aromatic heterocycles. The topological polar surface area (TPSA) is 107 Å². The van der Waals surface area contributed by atoms with E-state index in [1.807, 2.05) is 0 Å². The van der Waals surface area contributed by atoms with Gasteiger partial charge in [-0.2, -0.15) is 4.31 Å². The monoisotopic (exact) mass is 404 g/mol. The van der Waals surface area contributed by atoms with Gasteiger partial charge < -0.3 is 4.74 Å². The summed E-state index contributed by atoms with van der Waals surface area (Å²) in [6, 6.07) is 11.0. The summed E-state index contributed by atoms with van der Waals surface area (Å²) in [6.07, 6.45) is 1.73. The van der Waals surface area contributed by atoms with Gasteiger partial charge in [0.2, 0.25) is 10.0 Å². The molecule has 1 atom stereocenters. The molecule has 2 aromatic carbocycles. The first-order valence-corrected chi connectivity index (χ1v) is 10.3. The summed E-state index contributed by atoms with van der Waals surface area (Å²) >= 11 is 0. The van der Waals surface area contributed by atoms with E-state index in [4.69, 9.17) is 4.74 Å². The van der Waals surface area contributed by atoms with E-state index in [-0.39, 0.29) is 22.9 Å². The van der Waals surface area contributed by atoms with Gasteiger partial charge in [0.25, 0.3) is 5.69 Å². The van der Waals surface area contributed by atoms with Gasteiger partial charge in [-0.25, -0.2) is 13.2 Å². The Balaban J connectivity index is 1.83. The molecule has 1 aliphatic heterocycles. The number of nitro groups is 1. The van der Waals surface area contributed by atoms with Gasteiger partial charge in [-0.15, -0.1) is 0 Å². The van der Waals surface area contributed by atoms with Crippen molar-refractivity contribution in [3.63, 3.8) is 0 Å². The highest BCUT2D eigenvalue weighted by atomic mass is 32.2. The molecule has 3 rings (SSSR count). The van der Waals surface area contributed by atoms with Crippen molar-refractivity contribution in [1.82, 2.24) is 4.31 Å². The molecule has 148 valence electrons. The van der Waals surface area contributed by atoms with E-state index in [0.29, 0.717) is 24.8 Å². The van der Waals surface area contributed by atoms with Crippen LogP contribution in [0.15, 0.2) is 53.4 Å². The third-order valence-corrected chi connectivity index (χ3v) is 6.58. The van der Waals surface area contributed by atoms with E-state index in [9.17, 15) is 23.3 Å². The smallest absolute Gasteiger partial charge is 0.329 e. The summed E-state index contributed by atoms with van der Waals surface area (Å²) in [5, 5.41) is 10.9. The summed E-state index contributed by atoms with van der Waals surface area (Å²) in [5.74, 6) is -0.539. The average Bonchev–Trinajstić information content (AvgIpc) is 2.68. The molecular weight excluding hydrogens is 384 g/mol. The third kappa shape index (κ3) is 4.05. The first-order valence-electron chi connectivity index (χ1n) is 8.84. The Morgan fingerprint density at radius 3 is 2.54 bits per heavy atom. The molecule has 0 radical (unpaired) electrons. The molecule has 0 spiro atoms. The van der Waals surface area contributed by atoms with Gasteiger partial charge in [0.05, 0.1) is 9.82 Å². The Hall–Kier alpha value is -2.78. The van der Waals surface area contributed by atoms with E-state index in [1.165, 1.54) is 34.6 Å². The molecule has 8 nitrogen and oxygen atoms in total. The van der Waals surface area contributed by atoms with Crippen molar-refractivity contribution in [2.75, 3.05) is 6.54 Å². The van der Waals surface area contributed by atoms with Gasteiger partial charge in [-0.3, -0.25) is 10.1 Å². The number of esters is 1. The van der Waals surface area contributed by atoms with Gasteiger partial charge in [-0.05, 0) is 50.5 Å². The fourth-order valence-electron chi connectivity index (χ4n) is 3.24. The molecule has 1 heterocycles. The number of nitrogens with zero attached hydrogens (tertiary/aromatic N) is 2. The van der Waals surface area contributed by atoms with Crippen LogP contribution in [0.1, 0.15) is 24.8 Å². The summed E-state index contributed by atoms with van der Waals surface area (Å²) in [4.78, 5) is 23.2. The van der Waals surface area contributed by atoms with Crippen molar-refractivity contribution in [2.45, 2.75) is 37.1 Å². The molecule has 2 aromatic rings. The van der Waals surface area contributed by atoms with Gasteiger partial charge in [0.1, 0.15) is 11.8 Å². The van der Waals surface area contributed by atoms with Crippen LogP contribution in [0.25, 0.3) is 0 Å². The van der Waals surface area contributed by atoms with Crippen LogP contribution in [0.4, 0.5) is 5.69 Å². The van der Waals surface area contributed by atoms with Crippen molar-refractivity contribution < 1.29 is 22.9 Å². The number of sulfonamides is 1.